The summed E-state index contributed by atoms with van der Waals surface area (Å²) in [6.45, 7) is 3.09. The quantitative estimate of drug-likeness (QED) is 0.891. The minimum atomic E-state index is -0.0879. The zero-order valence-electron chi connectivity index (χ0n) is 15.1. The maximum absolute atomic E-state index is 12.8. The minimum absolute atomic E-state index is 0.0226. The smallest absolute Gasteiger partial charge is 0.251 e. The monoisotopic (exact) mass is 353 g/mol. The highest BCUT2D eigenvalue weighted by Crippen LogP contribution is 2.43. The molecule has 1 atom stereocenters. The lowest BCUT2D eigenvalue weighted by molar-refractivity contribution is 0.0931. The molecule has 1 heterocycles. The number of carbonyl (C=O) groups excluding carboxylic acids is 1. The molecule has 0 aromatic heterocycles. The van der Waals surface area contributed by atoms with E-state index in [-0.39, 0.29) is 11.9 Å². The molecule has 1 amide bonds. The molecule has 2 aliphatic rings. The van der Waals surface area contributed by atoms with Gasteiger partial charge in [0.15, 0.2) is 11.5 Å². The number of ether oxygens (including phenoxy) is 3. The van der Waals surface area contributed by atoms with Crippen molar-refractivity contribution in [3.05, 3.63) is 53.1 Å². The summed E-state index contributed by atoms with van der Waals surface area (Å²) in [7, 11) is 1.62. The van der Waals surface area contributed by atoms with Crippen LogP contribution in [0.4, 0.5) is 0 Å². The Morgan fingerprint density at radius 3 is 2.62 bits per heavy atom. The molecule has 2 aromatic rings. The molecule has 0 spiro atoms. The summed E-state index contributed by atoms with van der Waals surface area (Å²) >= 11 is 0. The molecule has 1 N–H and O–H groups in total. The second-order valence-electron chi connectivity index (χ2n) is 6.88. The summed E-state index contributed by atoms with van der Waals surface area (Å²) < 4.78 is 16.6. The second kappa shape index (κ2) is 6.90. The van der Waals surface area contributed by atoms with Gasteiger partial charge < -0.3 is 19.5 Å². The molecule has 1 saturated carbocycles. The van der Waals surface area contributed by atoms with E-state index in [2.05, 4.69) is 5.32 Å². The lowest BCUT2D eigenvalue weighted by Gasteiger charge is -2.23. The fraction of sp³-hybridized carbons (Fsp3) is 0.381. The minimum Gasteiger partial charge on any atom is -0.496 e. The van der Waals surface area contributed by atoms with Crippen LogP contribution in [0.1, 0.15) is 40.4 Å². The van der Waals surface area contributed by atoms with Crippen molar-refractivity contribution in [2.45, 2.75) is 25.8 Å². The number of carbonyl (C=O) groups is 1. The number of methoxy groups -OCH3 is 1. The van der Waals surface area contributed by atoms with Crippen molar-refractivity contribution >= 4 is 5.91 Å². The van der Waals surface area contributed by atoms with Gasteiger partial charge in [-0.2, -0.15) is 0 Å². The van der Waals surface area contributed by atoms with E-state index < -0.39 is 0 Å². The van der Waals surface area contributed by atoms with Gasteiger partial charge in [0.1, 0.15) is 19.0 Å². The summed E-state index contributed by atoms with van der Waals surface area (Å²) in [5.41, 5.74) is 2.68. The largest absolute Gasteiger partial charge is 0.496 e. The number of benzene rings is 2. The van der Waals surface area contributed by atoms with Gasteiger partial charge >= 0.3 is 0 Å². The Bertz CT molecular complexity index is 829. The van der Waals surface area contributed by atoms with E-state index in [9.17, 15) is 4.79 Å². The predicted octanol–water partition coefficient (Wildman–Crippen LogP) is 3.66. The highest BCUT2D eigenvalue weighted by Gasteiger charge is 2.34. The Hall–Kier alpha value is -2.69. The maximum atomic E-state index is 12.8. The van der Waals surface area contributed by atoms with Gasteiger partial charge in [-0.05, 0) is 61.1 Å². The third kappa shape index (κ3) is 3.34. The van der Waals surface area contributed by atoms with Gasteiger partial charge in [-0.15, -0.1) is 0 Å². The van der Waals surface area contributed by atoms with Crippen LogP contribution in [0, 0.1) is 12.8 Å². The number of rotatable bonds is 5. The van der Waals surface area contributed by atoms with Gasteiger partial charge in [0.25, 0.3) is 5.91 Å². The van der Waals surface area contributed by atoms with E-state index in [0.717, 1.165) is 41.2 Å². The van der Waals surface area contributed by atoms with Crippen LogP contribution in [0.25, 0.3) is 0 Å². The number of aryl methyl sites for hydroxylation is 1. The third-order valence-corrected chi connectivity index (χ3v) is 4.98. The number of amides is 1. The van der Waals surface area contributed by atoms with Crippen molar-refractivity contribution in [1.82, 2.24) is 5.32 Å². The van der Waals surface area contributed by atoms with E-state index in [1.165, 1.54) is 0 Å². The van der Waals surface area contributed by atoms with Crippen LogP contribution in [-0.4, -0.2) is 26.2 Å². The average Bonchev–Trinajstić information content (AvgIpc) is 3.51. The van der Waals surface area contributed by atoms with Gasteiger partial charge in [0.05, 0.1) is 13.2 Å². The number of hydrogen-bond acceptors (Lipinski definition) is 4. The zero-order chi connectivity index (χ0) is 18.1. The standard InChI is InChI=1S/C21H23NO4/c1-13-3-4-16(12-18(13)24-2)21(23)22-20(14-5-6-14)15-7-8-17-19(11-15)26-10-9-25-17/h3-4,7-8,11-12,14,20H,5-6,9-10H2,1-2H3,(H,22,23). The molecule has 0 bridgehead atoms. The molecule has 0 saturated heterocycles. The van der Waals surface area contributed by atoms with Gasteiger partial charge in [-0.25, -0.2) is 0 Å². The fourth-order valence-corrected chi connectivity index (χ4v) is 3.34. The second-order valence-corrected chi connectivity index (χ2v) is 6.88. The fourth-order valence-electron chi connectivity index (χ4n) is 3.34. The van der Waals surface area contributed by atoms with E-state index in [1.54, 1.807) is 13.2 Å². The molecular formula is C21H23NO4. The van der Waals surface area contributed by atoms with Gasteiger partial charge in [0.2, 0.25) is 0 Å². The third-order valence-electron chi connectivity index (χ3n) is 4.98. The van der Waals surface area contributed by atoms with Crippen LogP contribution in [0.3, 0.4) is 0 Å². The number of hydrogen-bond donors (Lipinski definition) is 1. The number of fused-ring (bicyclic) bond motifs is 1. The van der Waals surface area contributed by atoms with Crippen LogP contribution in [0.5, 0.6) is 17.2 Å². The molecule has 5 heteroatoms. The summed E-state index contributed by atoms with van der Waals surface area (Å²) in [5.74, 6) is 2.62. The summed E-state index contributed by atoms with van der Waals surface area (Å²) in [6, 6.07) is 11.5. The van der Waals surface area contributed by atoms with E-state index >= 15 is 0 Å². The molecule has 5 nitrogen and oxygen atoms in total. The van der Waals surface area contributed by atoms with Crippen molar-refractivity contribution in [2.24, 2.45) is 5.92 Å². The van der Waals surface area contributed by atoms with Gasteiger partial charge in [-0.1, -0.05) is 12.1 Å². The predicted molar refractivity (Wildman–Crippen MR) is 98.1 cm³/mol. The SMILES string of the molecule is COc1cc(C(=O)NC(c2ccc3c(c2)OCCO3)C2CC2)ccc1C. The van der Waals surface area contributed by atoms with Crippen molar-refractivity contribution in [3.8, 4) is 17.2 Å². The van der Waals surface area contributed by atoms with Crippen molar-refractivity contribution in [1.29, 1.82) is 0 Å². The maximum Gasteiger partial charge on any atom is 0.251 e. The van der Waals surface area contributed by atoms with E-state index in [4.69, 9.17) is 14.2 Å². The molecule has 0 radical (unpaired) electrons. The topological polar surface area (TPSA) is 56.8 Å². The first-order valence-electron chi connectivity index (χ1n) is 9.01. The van der Waals surface area contributed by atoms with Crippen molar-refractivity contribution < 1.29 is 19.0 Å². The summed E-state index contributed by atoms with van der Waals surface area (Å²) in [6.07, 6.45) is 2.24. The highest BCUT2D eigenvalue weighted by atomic mass is 16.6. The molecule has 4 rings (SSSR count). The van der Waals surface area contributed by atoms with Crippen LogP contribution < -0.4 is 19.5 Å². The number of nitrogens with one attached hydrogen (secondary N) is 1. The lowest BCUT2D eigenvalue weighted by atomic mass is 10.0. The van der Waals surface area contributed by atoms with E-state index in [1.807, 2.05) is 37.3 Å². The van der Waals surface area contributed by atoms with Crippen LogP contribution in [-0.2, 0) is 0 Å². The lowest BCUT2D eigenvalue weighted by Crippen LogP contribution is -2.30. The van der Waals surface area contributed by atoms with Crippen LogP contribution >= 0.6 is 0 Å². The average molecular weight is 353 g/mol. The van der Waals surface area contributed by atoms with Crippen molar-refractivity contribution in [2.75, 3.05) is 20.3 Å². The molecule has 1 fully saturated rings. The Morgan fingerprint density at radius 1 is 1.12 bits per heavy atom. The van der Waals surface area contributed by atoms with Crippen molar-refractivity contribution in [3.63, 3.8) is 0 Å². The van der Waals surface area contributed by atoms with Gasteiger partial charge in [0, 0.05) is 5.56 Å². The Labute approximate surface area is 153 Å². The molecule has 136 valence electrons. The molecular weight excluding hydrogens is 330 g/mol. The first-order valence-corrected chi connectivity index (χ1v) is 9.01. The first-order chi connectivity index (χ1) is 12.7. The van der Waals surface area contributed by atoms with Gasteiger partial charge in [-0.3, -0.25) is 4.79 Å². The summed E-state index contributed by atoms with van der Waals surface area (Å²) in [5, 5.41) is 3.20. The summed E-state index contributed by atoms with van der Waals surface area (Å²) in [4.78, 5) is 12.8. The Morgan fingerprint density at radius 2 is 1.88 bits per heavy atom. The molecule has 1 aliphatic carbocycles. The molecule has 2 aromatic carbocycles. The Balaban J connectivity index is 1.57. The van der Waals surface area contributed by atoms with Crippen LogP contribution in [0.2, 0.25) is 0 Å². The molecule has 1 aliphatic heterocycles. The highest BCUT2D eigenvalue weighted by molar-refractivity contribution is 5.95. The van der Waals surface area contributed by atoms with E-state index in [0.29, 0.717) is 24.7 Å². The molecule has 26 heavy (non-hydrogen) atoms. The normalized spacial score (nSPS) is 16.7. The zero-order valence-corrected chi connectivity index (χ0v) is 15.1. The Kier molecular flexibility index (Phi) is 4.45. The molecule has 1 unspecified atom stereocenters. The first kappa shape index (κ1) is 16.8. The van der Waals surface area contributed by atoms with Crippen LogP contribution in [0.15, 0.2) is 36.4 Å².